The standard InChI is InChI=1S/C30H35Cl2N5O2/c1-21(15-18-35(17-8-16-34(3)4)29(38)24-11-13-25(31)14-12-24)26-19-27-28(32)22(2)33-37(27)30(39)36(26)20-23-9-6-5-7-10-23/h5-7,9-14,19,21H,8,15-18,20H2,1-4H3. The Morgan fingerprint density at radius 2 is 1.69 bits per heavy atom. The number of aryl methyl sites for hydroxylation is 1. The lowest BCUT2D eigenvalue weighted by Crippen LogP contribution is -2.35. The molecule has 39 heavy (non-hydrogen) atoms. The fourth-order valence-corrected chi connectivity index (χ4v) is 5.04. The molecule has 1 atom stereocenters. The van der Waals surface area contributed by atoms with E-state index in [4.69, 9.17) is 23.2 Å². The van der Waals surface area contributed by atoms with Crippen LogP contribution in [-0.2, 0) is 6.54 Å². The molecule has 9 heteroatoms. The van der Waals surface area contributed by atoms with Gasteiger partial charge in [0.25, 0.3) is 5.91 Å². The zero-order valence-electron chi connectivity index (χ0n) is 22.9. The van der Waals surface area contributed by atoms with Gasteiger partial charge in [0.15, 0.2) is 0 Å². The molecule has 2 aromatic carbocycles. The molecule has 206 valence electrons. The summed E-state index contributed by atoms with van der Waals surface area (Å²) in [4.78, 5) is 31.1. The summed E-state index contributed by atoms with van der Waals surface area (Å²) in [5.74, 6) is -0.0451. The number of rotatable bonds is 11. The van der Waals surface area contributed by atoms with Crippen LogP contribution < -0.4 is 5.69 Å². The number of carbonyl (C=O) groups excluding carboxylic acids is 1. The van der Waals surface area contributed by atoms with E-state index in [1.165, 1.54) is 4.52 Å². The second-order valence-electron chi connectivity index (χ2n) is 10.3. The normalized spacial score (nSPS) is 12.3. The predicted molar refractivity (Wildman–Crippen MR) is 158 cm³/mol. The number of amides is 1. The van der Waals surface area contributed by atoms with Gasteiger partial charge in [0, 0.05) is 29.4 Å². The van der Waals surface area contributed by atoms with E-state index >= 15 is 0 Å². The molecule has 0 saturated heterocycles. The van der Waals surface area contributed by atoms with E-state index < -0.39 is 0 Å². The summed E-state index contributed by atoms with van der Waals surface area (Å²) < 4.78 is 3.15. The molecule has 0 radical (unpaired) electrons. The summed E-state index contributed by atoms with van der Waals surface area (Å²) in [6.45, 7) is 6.37. The first-order valence-corrected chi connectivity index (χ1v) is 13.9. The number of carbonyl (C=O) groups is 1. The number of nitrogens with zero attached hydrogens (tertiary/aromatic N) is 5. The lowest BCUT2D eigenvalue weighted by Gasteiger charge is -2.26. The van der Waals surface area contributed by atoms with Crippen molar-refractivity contribution in [2.24, 2.45) is 0 Å². The van der Waals surface area contributed by atoms with Crippen LogP contribution in [0.2, 0.25) is 10.0 Å². The third-order valence-corrected chi connectivity index (χ3v) is 7.68. The van der Waals surface area contributed by atoms with Gasteiger partial charge < -0.3 is 9.80 Å². The fourth-order valence-electron chi connectivity index (χ4n) is 4.74. The van der Waals surface area contributed by atoms with E-state index in [9.17, 15) is 9.59 Å². The van der Waals surface area contributed by atoms with Crippen molar-refractivity contribution in [2.45, 2.75) is 39.2 Å². The Morgan fingerprint density at radius 3 is 2.36 bits per heavy atom. The Hall–Kier alpha value is -3.13. The minimum Gasteiger partial charge on any atom is -0.339 e. The van der Waals surface area contributed by atoms with Crippen LogP contribution in [0.15, 0.2) is 65.5 Å². The minimum absolute atomic E-state index is 0.0212. The molecule has 0 spiro atoms. The van der Waals surface area contributed by atoms with Crippen molar-refractivity contribution in [1.29, 1.82) is 0 Å². The number of hydrogen-bond acceptors (Lipinski definition) is 4. The lowest BCUT2D eigenvalue weighted by atomic mass is 10.0. The number of aromatic nitrogens is 3. The molecule has 0 saturated carbocycles. The first kappa shape index (κ1) is 28.9. The maximum absolute atomic E-state index is 13.6. The zero-order chi connectivity index (χ0) is 28.1. The van der Waals surface area contributed by atoms with E-state index in [2.05, 4.69) is 16.9 Å². The number of benzene rings is 2. The largest absolute Gasteiger partial charge is 0.349 e. The second kappa shape index (κ2) is 12.8. The molecule has 1 unspecified atom stereocenters. The van der Waals surface area contributed by atoms with Gasteiger partial charge in [0.05, 0.1) is 22.8 Å². The van der Waals surface area contributed by atoms with Gasteiger partial charge in [-0.05, 0) is 82.2 Å². The van der Waals surface area contributed by atoms with Crippen molar-refractivity contribution >= 4 is 34.6 Å². The van der Waals surface area contributed by atoms with E-state index in [0.717, 1.165) is 24.2 Å². The van der Waals surface area contributed by atoms with Gasteiger partial charge in [-0.15, -0.1) is 0 Å². The molecule has 0 fully saturated rings. The highest BCUT2D eigenvalue weighted by Crippen LogP contribution is 2.26. The molecule has 2 aromatic heterocycles. The summed E-state index contributed by atoms with van der Waals surface area (Å²) in [7, 11) is 4.05. The average Bonchev–Trinajstić information content (AvgIpc) is 3.21. The topological polar surface area (TPSA) is 62.9 Å². The Bertz CT molecular complexity index is 1480. The van der Waals surface area contributed by atoms with Crippen molar-refractivity contribution in [2.75, 3.05) is 33.7 Å². The molecule has 0 bridgehead atoms. The van der Waals surface area contributed by atoms with E-state index in [-0.39, 0.29) is 17.5 Å². The quantitative estimate of drug-likeness (QED) is 0.231. The summed E-state index contributed by atoms with van der Waals surface area (Å²) in [5.41, 5.74) is 3.49. The fraction of sp³-hybridized carbons (Fsp3) is 0.367. The maximum atomic E-state index is 13.6. The predicted octanol–water partition coefficient (Wildman–Crippen LogP) is 5.75. The monoisotopic (exact) mass is 567 g/mol. The van der Waals surface area contributed by atoms with Gasteiger partial charge in [0.1, 0.15) is 0 Å². The molecule has 2 heterocycles. The smallest absolute Gasteiger partial charge is 0.339 e. The molecule has 0 aliphatic heterocycles. The van der Waals surface area contributed by atoms with Gasteiger partial charge in [-0.2, -0.15) is 9.61 Å². The molecule has 0 N–H and O–H groups in total. The minimum atomic E-state index is -0.228. The average molecular weight is 569 g/mol. The van der Waals surface area contributed by atoms with Crippen molar-refractivity contribution in [3.8, 4) is 0 Å². The molecular formula is C30H35Cl2N5O2. The first-order valence-electron chi connectivity index (χ1n) is 13.2. The Labute approximate surface area is 239 Å². The molecule has 0 aliphatic carbocycles. The summed E-state index contributed by atoms with van der Waals surface area (Å²) in [6, 6.07) is 18.9. The van der Waals surface area contributed by atoms with E-state index in [0.29, 0.717) is 52.9 Å². The lowest BCUT2D eigenvalue weighted by molar-refractivity contribution is 0.0745. The molecule has 1 amide bonds. The Morgan fingerprint density at radius 1 is 1.00 bits per heavy atom. The highest BCUT2D eigenvalue weighted by atomic mass is 35.5. The molecule has 4 aromatic rings. The van der Waals surface area contributed by atoms with Crippen LogP contribution in [0, 0.1) is 6.92 Å². The molecule has 0 aliphatic rings. The van der Waals surface area contributed by atoms with E-state index in [1.54, 1.807) is 35.8 Å². The third kappa shape index (κ3) is 6.90. The van der Waals surface area contributed by atoms with Gasteiger partial charge in [0.2, 0.25) is 0 Å². The van der Waals surface area contributed by atoms with Crippen molar-refractivity contribution < 1.29 is 4.79 Å². The van der Waals surface area contributed by atoms with Crippen LogP contribution in [0.5, 0.6) is 0 Å². The van der Waals surface area contributed by atoms with Crippen LogP contribution in [0.25, 0.3) is 5.52 Å². The van der Waals surface area contributed by atoms with E-state index in [1.807, 2.05) is 55.4 Å². The van der Waals surface area contributed by atoms with Crippen LogP contribution in [0.4, 0.5) is 0 Å². The van der Waals surface area contributed by atoms with Crippen molar-refractivity contribution in [1.82, 2.24) is 24.0 Å². The Balaban J connectivity index is 1.63. The second-order valence-corrected chi connectivity index (χ2v) is 11.1. The summed E-state index contributed by atoms with van der Waals surface area (Å²) >= 11 is 12.6. The van der Waals surface area contributed by atoms with Crippen LogP contribution in [0.1, 0.15) is 53.0 Å². The van der Waals surface area contributed by atoms with Crippen LogP contribution in [-0.4, -0.2) is 63.6 Å². The highest BCUT2D eigenvalue weighted by molar-refractivity contribution is 6.34. The van der Waals surface area contributed by atoms with Gasteiger partial charge in [-0.1, -0.05) is 60.5 Å². The molecule has 7 nitrogen and oxygen atoms in total. The van der Waals surface area contributed by atoms with Gasteiger partial charge >= 0.3 is 5.69 Å². The molecular weight excluding hydrogens is 533 g/mol. The summed E-state index contributed by atoms with van der Waals surface area (Å²) in [5, 5.41) is 5.46. The number of hydrogen-bond donors (Lipinski definition) is 0. The third-order valence-electron chi connectivity index (χ3n) is 6.96. The van der Waals surface area contributed by atoms with Crippen LogP contribution >= 0.6 is 23.2 Å². The van der Waals surface area contributed by atoms with Gasteiger partial charge in [-0.25, -0.2) is 4.79 Å². The maximum Gasteiger partial charge on any atom is 0.349 e. The number of halogens is 2. The van der Waals surface area contributed by atoms with Gasteiger partial charge in [-0.3, -0.25) is 9.36 Å². The SMILES string of the molecule is Cc1nn2c(=O)n(Cc3ccccc3)c(C(C)CCN(CCCN(C)C)C(=O)c3ccc(Cl)cc3)cc2c1Cl. The number of fused-ring (bicyclic) bond motifs is 1. The highest BCUT2D eigenvalue weighted by Gasteiger charge is 2.22. The van der Waals surface area contributed by atoms with Crippen molar-refractivity contribution in [3.05, 3.63) is 104 Å². The zero-order valence-corrected chi connectivity index (χ0v) is 24.4. The Kier molecular flexibility index (Phi) is 9.49. The van der Waals surface area contributed by atoms with Crippen LogP contribution in [0.3, 0.4) is 0 Å². The first-order chi connectivity index (χ1) is 18.7. The molecule has 4 rings (SSSR count). The summed E-state index contributed by atoms with van der Waals surface area (Å²) in [6.07, 6.45) is 1.53. The van der Waals surface area contributed by atoms with Crippen molar-refractivity contribution in [3.63, 3.8) is 0 Å².